The molecule has 1 saturated carbocycles. The van der Waals surface area contributed by atoms with Gasteiger partial charge >= 0.3 is 0 Å². The molecule has 1 unspecified atom stereocenters. The summed E-state index contributed by atoms with van der Waals surface area (Å²) >= 11 is 0. The van der Waals surface area contributed by atoms with E-state index in [1.54, 1.807) is 12.4 Å². The topological polar surface area (TPSA) is 87.2 Å². The number of carbonyl (C=O) groups is 2. The van der Waals surface area contributed by atoms with Crippen LogP contribution in [0, 0.1) is 17.0 Å². The summed E-state index contributed by atoms with van der Waals surface area (Å²) in [4.78, 5) is 37.2. The molecular weight excluding hydrogens is 524 g/mol. The van der Waals surface area contributed by atoms with E-state index in [2.05, 4.69) is 27.2 Å². The Labute approximate surface area is 237 Å². The van der Waals surface area contributed by atoms with E-state index >= 15 is 0 Å². The molecular formula is C32H31F2N5O2. The number of nitrogens with one attached hydrogen (secondary N) is 2. The van der Waals surface area contributed by atoms with Crippen LogP contribution in [0.25, 0.3) is 0 Å². The molecule has 2 aliphatic heterocycles. The van der Waals surface area contributed by atoms with Gasteiger partial charge < -0.3 is 15.5 Å². The van der Waals surface area contributed by atoms with E-state index in [1.165, 1.54) is 12.1 Å². The predicted octanol–water partition coefficient (Wildman–Crippen LogP) is 5.59. The largest absolute Gasteiger partial charge is 0.358 e. The second-order valence-electron chi connectivity index (χ2n) is 12.0. The Hall–Kier alpha value is -4.14. The minimum absolute atomic E-state index is 0.00641. The van der Waals surface area contributed by atoms with Gasteiger partial charge in [0.25, 0.3) is 0 Å². The molecule has 2 spiro atoms. The minimum atomic E-state index is -0.717. The lowest BCUT2D eigenvalue weighted by atomic mass is 9.72. The quantitative estimate of drug-likeness (QED) is 0.438. The lowest BCUT2D eigenvalue weighted by molar-refractivity contribution is -0.120. The molecule has 0 bridgehead atoms. The molecule has 1 saturated heterocycles. The van der Waals surface area contributed by atoms with Gasteiger partial charge in [0.1, 0.15) is 23.3 Å². The van der Waals surface area contributed by atoms with Crippen molar-refractivity contribution in [3.63, 3.8) is 0 Å². The van der Waals surface area contributed by atoms with Crippen LogP contribution < -0.4 is 10.6 Å². The number of anilines is 2. The summed E-state index contributed by atoms with van der Waals surface area (Å²) in [7, 11) is 0. The van der Waals surface area contributed by atoms with Crippen molar-refractivity contribution < 1.29 is 18.4 Å². The number of nitrogens with zero attached hydrogens (tertiary/aromatic N) is 3. The number of amides is 2. The first kappa shape index (κ1) is 25.8. The second-order valence-corrected chi connectivity index (χ2v) is 12.0. The molecule has 2 fully saturated rings. The number of aromatic nitrogens is 2. The van der Waals surface area contributed by atoms with E-state index in [0.717, 1.165) is 60.6 Å². The summed E-state index contributed by atoms with van der Waals surface area (Å²) < 4.78 is 28.4. The van der Waals surface area contributed by atoms with Crippen LogP contribution in [-0.2, 0) is 27.8 Å². The summed E-state index contributed by atoms with van der Waals surface area (Å²) in [6.07, 6.45) is 10.2. The standard InChI is InChI=1S/C32H31F2N5O2/c1-19-31(7-2-3-8-31)9-6-26(20-11-23(33)14-24(34)12-20)39(19)18-28(40)37-27-13-21-15-32(16-22(21)17-36-27)25-5-4-10-35-29(25)38-30(32)41/h4-5,10-14,17,26H,1-3,6-9,15-16,18H2,(H,35,38,41)(H,36,37,40)/t26-,32?/m0/s1. The smallest absolute Gasteiger partial charge is 0.245 e. The van der Waals surface area contributed by atoms with Crippen LogP contribution in [0.4, 0.5) is 20.4 Å². The molecule has 2 aliphatic carbocycles. The van der Waals surface area contributed by atoms with Gasteiger partial charge in [-0.1, -0.05) is 25.5 Å². The van der Waals surface area contributed by atoms with Gasteiger partial charge in [-0.05, 0) is 79.5 Å². The molecule has 2 aromatic heterocycles. The fraction of sp³-hybridized carbons (Fsp3) is 0.375. The van der Waals surface area contributed by atoms with Crippen molar-refractivity contribution in [2.24, 2.45) is 5.41 Å². The number of benzene rings is 1. The molecule has 2 N–H and O–H groups in total. The van der Waals surface area contributed by atoms with E-state index in [1.807, 2.05) is 23.1 Å². The van der Waals surface area contributed by atoms with Crippen LogP contribution in [0.3, 0.4) is 0 Å². The Balaban J connectivity index is 1.12. The molecule has 7 rings (SSSR count). The van der Waals surface area contributed by atoms with Gasteiger partial charge in [-0.15, -0.1) is 0 Å². The molecule has 3 aromatic rings. The van der Waals surface area contributed by atoms with Crippen LogP contribution in [0.1, 0.15) is 66.8 Å². The summed E-state index contributed by atoms with van der Waals surface area (Å²) in [5.74, 6) is -0.617. The maximum absolute atomic E-state index is 14.2. The highest BCUT2D eigenvalue weighted by Gasteiger charge is 2.51. The molecule has 210 valence electrons. The second kappa shape index (κ2) is 9.46. The molecule has 0 radical (unpaired) electrons. The zero-order valence-electron chi connectivity index (χ0n) is 22.7. The SMILES string of the molecule is C=C1N(CC(=O)Nc2cc3c(cn2)CC2(C3)C(=O)Nc3ncccc32)[C@H](c2cc(F)cc(F)c2)CCC12CCCC2. The number of piperidine rings is 1. The zero-order chi connectivity index (χ0) is 28.4. The lowest BCUT2D eigenvalue weighted by Gasteiger charge is -2.48. The number of rotatable bonds is 4. The van der Waals surface area contributed by atoms with Crippen molar-refractivity contribution in [1.82, 2.24) is 14.9 Å². The molecule has 1 aromatic carbocycles. The lowest BCUT2D eigenvalue weighted by Crippen LogP contribution is -2.44. The van der Waals surface area contributed by atoms with E-state index in [4.69, 9.17) is 0 Å². The van der Waals surface area contributed by atoms with Gasteiger partial charge in [-0.25, -0.2) is 18.7 Å². The van der Waals surface area contributed by atoms with Gasteiger partial charge in [-0.2, -0.15) is 0 Å². The van der Waals surface area contributed by atoms with Crippen LogP contribution in [0.5, 0.6) is 0 Å². The van der Waals surface area contributed by atoms with Crippen molar-refractivity contribution in [2.75, 3.05) is 17.2 Å². The van der Waals surface area contributed by atoms with Crippen molar-refractivity contribution in [3.05, 3.63) is 95.0 Å². The number of hydrogen-bond donors (Lipinski definition) is 2. The first-order valence-electron chi connectivity index (χ1n) is 14.2. The third-order valence-electron chi connectivity index (χ3n) is 9.70. The van der Waals surface area contributed by atoms with Gasteiger partial charge in [-0.3, -0.25) is 9.59 Å². The van der Waals surface area contributed by atoms with E-state index in [-0.39, 0.29) is 29.8 Å². The summed E-state index contributed by atoms with van der Waals surface area (Å²) in [5, 5.41) is 5.83. The summed E-state index contributed by atoms with van der Waals surface area (Å²) in [6.45, 7) is 4.42. The normalized spacial score (nSPS) is 24.0. The zero-order valence-corrected chi connectivity index (χ0v) is 22.7. The Bertz CT molecular complexity index is 1580. The average Bonchev–Trinajstić information content (AvgIpc) is 3.63. The molecule has 41 heavy (non-hydrogen) atoms. The highest BCUT2D eigenvalue weighted by atomic mass is 19.1. The number of fused-ring (bicyclic) bond motifs is 3. The molecule has 7 nitrogen and oxygen atoms in total. The molecule has 4 heterocycles. The number of halogens is 2. The van der Waals surface area contributed by atoms with Gasteiger partial charge in [0, 0.05) is 35.1 Å². The highest BCUT2D eigenvalue weighted by molar-refractivity contribution is 6.06. The average molecular weight is 556 g/mol. The van der Waals surface area contributed by atoms with E-state index < -0.39 is 17.0 Å². The molecule has 2 amide bonds. The predicted molar refractivity (Wildman–Crippen MR) is 150 cm³/mol. The van der Waals surface area contributed by atoms with Crippen LogP contribution in [0.15, 0.2) is 61.1 Å². The first-order chi connectivity index (χ1) is 19.8. The minimum Gasteiger partial charge on any atom is -0.358 e. The van der Waals surface area contributed by atoms with Crippen molar-refractivity contribution in [2.45, 2.75) is 62.8 Å². The number of carbonyl (C=O) groups excluding carboxylic acids is 2. The number of pyridine rings is 2. The third-order valence-corrected chi connectivity index (χ3v) is 9.70. The van der Waals surface area contributed by atoms with Crippen molar-refractivity contribution in [1.29, 1.82) is 0 Å². The Morgan fingerprint density at radius 1 is 1.07 bits per heavy atom. The Morgan fingerprint density at radius 2 is 1.83 bits per heavy atom. The highest BCUT2D eigenvalue weighted by Crippen LogP contribution is 2.54. The summed E-state index contributed by atoms with van der Waals surface area (Å²) in [6, 6.07) is 8.82. The van der Waals surface area contributed by atoms with Gasteiger partial charge in [0.05, 0.1) is 18.0 Å². The fourth-order valence-electron chi connectivity index (χ4n) is 7.67. The van der Waals surface area contributed by atoms with E-state index in [9.17, 15) is 18.4 Å². The van der Waals surface area contributed by atoms with Crippen molar-refractivity contribution >= 4 is 23.5 Å². The molecule has 2 atom stereocenters. The monoisotopic (exact) mass is 555 g/mol. The first-order valence-corrected chi connectivity index (χ1v) is 14.2. The number of allylic oxidation sites excluding steroid dienone is 1. The molecule has 4 aliphatic rings. The fourth-order valence-corrected chi connectivity index (χ4v) is 7.67. The van der Waals surface area contributed by atoms with Crippen LogP contribution >= 0.6 is 0 Å². The maximum Gasteiger partial charge on any atom is 0.245 e. The maximum atomic E-state index is 14.2. The van der Waals surface area contributed by atoms with Crippen LogP contribution in [-0.4, -0.2) is 33.2 Å². The van der Waals surface area contributed by atoms with Crippen LogP contribution in [0.2, 0.25) is 0 Å². The molecule has 9 heteroatoms. The Morgan fingerprint density at radius 3 is 2.61 bits per heavy atom. The third kappa shape index (κ3) is 4.21. The van der Waals surface area contributed by atoms with Gasteiger partial charge in [0.2, 0.25) is 11.8 Å². The Kier molecular flexibility index (Phi) is 5.96. The number of hydrogen-bond acceptors (Lipinski definition) is 5. The van der Waals surface area contributed by atoms with Gasteiger partial charge in [0.15, 0.2) is 0 Å². The summed E-state index contributed by atoms with van der Waals surface area (Å²) in [5.41, 5.74) is 3.40. The number of likely N-dealkylation sites (tertiary alicyclic amines) is 1. The van der Waals surface area contributed by atoms with E-state index in [0.29, 0.717) is 36.5 Å². The van der Waals surface area contributed by atoms with Crippen molar-refractivity contribution in [3.8, 4) is 0 Å².